The number of rotatable bonds is 5. The topological polar surface area (TPSA) is 84.2 Å². The van der Waals surface area contributed by atoms with Crippen LogP contribution >= 0.6 is 15.9 Å². The molecule has 0 aliphatic carbocycles. The smallest absolute Gasteiger partial charge is 0.312 e. The van der Waals surface area contributed by atoms with Gasteiger partial charge in [-0.05, 0) is 44.9 Å². The number of urea groups is 1. The summed E-state index contributed by atoms with van der Waals surface area (Å²) in [5, 5.41) is 5.26. The van der Waals surface area contributed by atoms with Gasteiger partial charge in [-0.1, -0.05) is 28.1 Å². The van der Waals surface area contributed by atoms with Crippen LogP contribution in [0.25, 0.3) is 0 Å². The summed E-state index contributed by atoms with van der Waals surface area (Å²) in [5.74, 6) is -0.258. The lowest BCUT2D eigenvalue weighted by molar-refractivity contribution is -0.124. The van der Waals surface area contributed by atoms with E-state index in [1.54, 1.807) is 6.92 Å². The van der Waals surface area contributed by atoms with Crippen LogP contribution in [0.5, 0.6) is 0 Å². The van der Waals surface area contributed by atoms with Gasteiger partial charge in [0.1, 0.15) is 6.04 Å². The molecule has 0 spiro atoms. The average Bonchev–Trinajstić information content (AvgIpc) is 2.30. The van der Waals surface area contributed by atoms with Crippen LogP contribution in [0.2, 0.25) is 0 Å². The molecule has 0 saturated heterocycles. The normalized spacial score (nSPS) is 12.6. The number of nitrogens with one attached hydrogen (secondary N) is 2. The van der Waals surface area contributed by atoms with Gasteiger partial charge in [-0.3, -0.25) is 4.79 Å². The minimum atomic E-state index is -0.710. The van der Waals surface area contributed by atoms with Gasteiger partial charge < -0.3 is 16.4 Å². The van der Waals surface area contributed by atoms with E-state index in [1.165, 1.54) is 0 Å². The fraction of sp³-hybridized carbons (Fsp3) is 0.429. The van der Waals surface area contributed by atoms with Gasteiger partial charge in [0.2, 0.25) is 5.91 Å². The quantitative estimate of drug-likeness (QED) is 0.764. The zero-order valence-electron chi connectivity index (χ0n) is 11.9. The largest absolute Gasteiger partial charge is 0.352 e. The Morgan fingerprint density at radius 2 is 1.85 bits per heavy atom. The second kappa shape index (κ2) is 6.74. The Kier molecular flexibility index (Phi) is 5.56. The van der Waals surface area contributed by atoms with E-state index in [4.69, 9.17) is 5.73 Å². The molecule has 1 rings (SSSR count). The Labute approximate surface area is 127 Å². The first-order chi connectivity index (χ1) is 9.19. The summed E-state index contributed by atoms with van der Waals surface area (Å²) in [4.78, 5) is 22.7. The lowest BCUT2D eigenvalue weighted by Gasteiger charge is -2.28. The Morgan fingerprint density at radius 3 is 2.35 bits per heavy atom. The number of hydrogen-bond acceptors (Lipinski definition) is 2. The van der Waals surface area contributed by atoms with E-state index in [2.05, 4.69) is 26.6 Å². The van der Waals surface area contributed by atoms with Crippen molar-refractivity contribution in [1.29, 1.82) is 0 Å². The number of carbonyl (C=O) groups excluding carboxylic acids is 2. The molecule has 1 atom stereocenters. The third kappa shape index (κ3) is 5.61. The number of hydrogen-bond donors (Lipinski definition) is 3. The minimum Gasteiger partial charge on any atom is -0.352 e. The highest BCUT2D eigenvalue weighted by Gasteiger charge is 2.24. The number of nitrogens with two attached hydrogens (primary N) is 1. The van der Waals surface area contributed by atoms with Crippen LogP contribution in [0, 0.1) is 0 Å². The molecule has 20 heavy (non-hydrogen) atoms. The molecule has 0 bridgehead atoms. The highest BCUT2D eigenvalue weighted by Crippen LogP contribution is 2.16. The van der Waals surface area contributed by atoms with Crippen molar-refractivity contribution in [3.05, 3.63) is 34.3 Å². The van der Waals surface area contributed by atoms with Crippen molar-refractivity contribution in [2.75, 3.05) is 0 Å². The van der Waals surface area contributed by atoms with Crippen LogP contribution in [0.4, 0.5) is 4.79 Å². The molecule has 0 aliphatic rings. The van der Waals surface area contributed by atoms with E-state index >= 15 is 0 Å². The molecule has 5 nitrogen and oxygen atoms in total. The van der Waals surface area contributed by atoms with Crippen LogP contribution in [0.1, 0.15) is 26.3 Å². The van der Waals surface area contributed by atoms with Crippen LogP contribution in [0.3, 0.4) is 0 Å². The Hall–Kier alpha value is -1.56. The van der Waals surface area contributed by atoms with E-state index in [0.717, 1.165) is 10.0 Å². The molecule has 0 fully saturated rings. The van der Waals surface area contributed by atoms with Crippen molar-refractivity contribution >= 4 is 27.9 Å². The molecular weight excluding hydrogens is 322 g/mol. The maximum absolute atomic E-state index is 11.9. The van der Waals surface area contributed by atoms with Crippen molar-refractivity contribution in [1.82, 2.24) is 10.6 Å². The summed E-state index contributed by atoms with van der Waals surface area (Å²) in [6.07, 6.45) is 0.690. The monoisotopic (exact) mass is 341 g/mol. The van der Waals surface area contributed by atoms with Gasteiger partial charge in [0.05, 0.1) is 0 Å². The summed E-state index contributed by atoms with van der Waals surface area (Å²) in [5.41, 5.74) is 5.70. The van der Waals surface area contributed by atoms with E-state index < -0.39 is 17.6 Å². The summed E-state index contributed by atoms with van der Waals surface area (Å²) < 4.78 is 1.02. The van der Waals surface area contributed by atoms with Gasteiger partial charge in [0, 0.05) is 10.0 Å². The standard InChI is InChI=1S/C14H20BrN3O2/c1-9(17-13(16)20)12(19)18-14(2,3)8-10-4-6-11(15)7-5-10/h4-7,9H,8H2,1-3H3,(H,18,19)(H3,16,17,20). The van der Waals surface area contributed by atoms with E-state index in [9.17, 15) is 9.59 Å². The number of primary amides is 1. The number of benzene rings is 1. The first-order valence-corrected chi connectivity index (χ1v) is 7.11. The van der Waals surface area contributed by atoms with Crippen LogP contribution in [0.15, 0.2) is 28.7 Å². The molecule has 110 valence electrons. The number of halogens is 1. The van der Waals surface area contributed by atoms with Crippen LogP contribution < -0.4 is 16.4 Å². The van der Waals surface area contributed by atoms with E-state index in [1.807, 2.05) is 38.1 Å². The maximum atomic E-state index is 11.9. The SMILES string of the molecule is CC(NC(N)=O)C(=O)NC(C)(C)Cc1ccc(Br)cc1. The van der Waals surface area contributed by atoms with Gasteiger partial charge in [0.15, 0.2) is 0 Å². The molecule has 0 saturated carbocycles. The van der Waals surface area contributed by atoms with E-state index in [0.29, 0.717) is 6.42 Å². The first-order valence-electron chi connectivity index (χ1n) is 6.32. The van der Waals surface area contributed by atoms with Crippen molar-refractivity contribution < 1.29 is 9.59 Å². The zero-order chi connectivity index (χ0) is 15.3. The van der Waals surface area contributed by atoms with Crippen LogP contribution in [-0.2, 0) is 11.2 Å². The Balaban J connectivity index is 2.62. The summed E-state index contributed by atoms with van der Waals surface area (Å²) in [6.45, 7) is 5.46. The number of carbonyl (C=O) groups is 2. The molecule has 0 aliphatic heterocycles. The van der Waals surface area contributed by atoms with Crippen molar-refractivity contribution in [2.24, 2.45) is 5.73 Å². The molecule has 6 heteroatoms. The Morgan fingerprint density at radius 1 is 1.30 bits per heavy atom. The summed E-state index contributed by atoms with van der Waals surface area (Å²) in [7, 11) is 0. The highest BCUT2D eigenvalue weighted by molar-refractivity contribution is 9.10. The third-order valence-electron chi connectivity index (χ3n) is 2.77. The van der Waals surface area contributed by atoms with Crippen molar-refractivity contribution in [3.63, 3.8) is 0 Å². The van der Waals surface area contributed by atoms with Crippen molar-refractivity contribution in [3.8, 4) is 0 Å². The second-order valence-electron chi connectivity index (χ2n) is 5.41. The van der Waals surface area contributed by atoms with Gasteiger partial charge >= 0.3 is 6.03 Å². The molecular formula is C14H20BrN3O2. The first kappa shape index (κ1) is 16.5. The molecule has 0 aromatic heterocycles. The summed E-state index contributed by atoms with van der Waals surface area (Å²) >= 11 is 3.39. The lowest BCUT2D eigenvalue weighted by atomic mass is 9.94. The Bertz CT molecular complexity index is 486. The fourth-order valence-corrected chi connectivity index (χ4v) is 2.14. The highest BCUT2D eigenvalue weighted by atomic mass is 79.9. The van der Waals surface area contributed by atoms with Crippen molar-refractivity contribution in [2.45, 2.75) is 38.8 Å². The molecule has 1 aromatic carbocycles. The minimum absolute atomic E-state index is 0.258. The molecule has 0 heterocycles. The molecule has 3 amide bonds. The van der Waals surface area contributed by atoms with Crippen LogP contribution in [-0.4, -0.2) is 23.5 Å². The van der Waals surface area contributed by atoms with Gasteiger partial charge in [-0.25, -0.2) is 4.79 Å². The third-order valence-corrected chi connectivity index (χ3v) is 3.30. The second-order valence-corrected chi connectivity index (χ2v) is 6.32. The number of amides is 3. The average molecular weight is 342 g/mol. The predicted molar refractivity (Wildman–Crippen MR) is 82.2 cm³/mol. The van der Waals surface area contributed by atoms with E-state index in [-0.39, 0.29) is 5.91 Å². The molecule has 1 aromatic rings. The molecule has 4 N–H and O–H groups in total. The van der Waals surface area contributed by atoms with Gasteiger partial charge in [-0.15, -0.1) is 0 Å². The summed E-state index contributed by atoms with van der Waals surface area (Å²) in [6, 6.07) is 6.57. The lowest BCUT2D eigenvalue weighted by Crippen LogP contribution is -2.53. The predicted octanol–water partition coefficient (Wildman–Crippen LogP) is 1.94. The fourth-order valence-electron chi connectivity index (χ4n) is 1.88. The molecule has 1 unspecified atom stereocenters. The molecule has 0 radical (unpaired) electrons. The van der Waals surface area contributed by atoms with Gasteiger partial charge in [0.25, 0.3) is 0 Å². The zero-order valence-corrected chi connectivity index (χ0v) is 13.5. The maximum Gasteiger partial charge on any atom is 0.312 e. The van der Waals surface area contributed by atoms with Gasteiger partial charge in [-0.2, -0.15) is 0 Å².